The van der Waals surface area contributed by atoms with Crippen molar-refractivity contribution < 1.29 is 123 Å². The summed E-state index contributed by atoms with van der Waals surface area (Å²) in [6.07, 6.45) is 6.54. The van der Waals surface area contributed by atoms with E-state index in [1.54, 1.807) is 0 Å². The fourth-order valence-electron chi connectivity index (χ4n) is 1.42. The average Bonchev–Trinajstić information content (AvgIpc) is 2.14. The van der Waals surface area contributed by atoms with Crippen LogP contribution < -0.4 is 113 Å². The molecule has 0 aliphatic rings. The van der Waals surface area contributed by atoms with E-state index < -0.39 is 11.9 Å². The van der Waals surface area contributed by atoms with Gasteiger partial charge in [-0.1, -0.05) is 32.1 Å². The van der Waals surface area contributed by atoms with Crippen molar-refractivity contribution in [1.29, 1.82) is 0 Å². The molecule has 0 amide bonds. The van der Waals surface area contributed by atoms with E-state index >= 15 is 0 Å². The van der Waals surface area contributed by atoms with Crippen LogP contribution in [0.2, 0.25) is 0 Å². The molecule has 6 heteroatoms. The Hall–Kier alpha value is 2.21. The molecular weight excluding hydrogens is 274 g/mol. The Balaban J connectivity index is -0.000000980. The number of unbranched alkanes of at least 4 members (excludes halogenated alkanes) is 6. The third kappa shape index (κ3) is 23.7. The van der Waals surface area contributed by atoms with Crippen LogP contribution in [-0.2, 0) is 9.59 Å². The van der Waals surface area contributed by atoms with Gasteiger partial charge in [-0.15, -0.1) is 0 Å². The summed E-state index contributed by atoms with van der Waals surface area (Å²) in [5, 5.41) is 20.1. The first-order valence-electron chi connectivity index (χ1n) is 5.52. The summed E-state index contributed by atoms with van der Waals surface area (Å²) in [5.74, 6) is -1.96. The van der Waals surface area contributed by atoms with E-state index in [1.165, 1.54) is 0 Å². The van der Waals surface area contributed by atoms with E-state index in [9.17, 15) is 19.8 Å². The van der Waals surface area contributed by atoms with Crippen LogP contribution in [0.15, 0.2) is 0 Å². The van der Waals surface area contributed by atoms with Crippen LogP contribution in [0.25, 0.3) is 0 Å². The molecular formula is C11H18K2O4. The fraction of sp³-hybridized carbons (Fsp3) is 0.818. The van der Waals surface area contributed by atoms with E-state index in [4.69, 9.17) is 0 Å². The van der Waals surface area contributed by atoms with Crippen molar-refractivity contribution in [3.63, 3.8) is 0 Å². The Kier molecular flexibility index (Phi) is 26.0. The number of hydrogen-bond donors (Lipinski definition) is 0. The van der Waals surface area contributed by atoms with Crippen molar-refractivity contribution in [1.82, 2.24) is 0 Å². The second-order valence-electron chi connectivity index (χ2n) is 3.72. The van der Waals surface area contributed by atoms with Crippen LogP contribution in [0.4, 0.5) is 0 Å². The molecule has 0 heterocycles. The van der Waals surface area contributed by atoms with Crippen LogP contribution in [0.5, 0.6) is 0 Å². The van der Waals surface area contributed by atoms with Gasteiger partial charge < -0.3 is 19.8 Å². The predicted octanol–water partition coefficient (Wildman–Crippen LogP) is -5.99. The van der Waals surface area contributed by atoms with Crippen molar-refractivity contribution in [3.8, 4) is 0 Å². The predicted molar refractivity (Wildman–Crippen MR) is 51.6 cm³/mol. The van der Waals surface area contributed by atoms with Gasteiger partial charge in [0, 0.05) is 11.9 Å². The Morgan fingerprint density at radius 2 is 0.824 bits per heavy atom. The number of hydrogen-bond acceptors (Lipinski definition) is 4. The number of rotatable bonds is 10. The molecule has 88 valence electrons. The Labute approximate surface area is 188 Å². The van der Waals surface area contributed by atoms with E-state index in [-0.39, 0.29) is 116 Å². The minimum atomic E-state index is -0.982. The maximum absolute atomic E-state index is 10.1. The SMILES string of the molecule is O=C([O-])CCCCCCCCCC(=O)[O-].[K+].[K+]. The molecule has 0 radical (unpaired) electrons. The zero-order chi connectivity index (χ0) is 11.5. The maximum atomic E-state index is 10.1. The Morgan fingerprint density at radius 3 is 1.06 bits per heavy atom. The first-order valence-corrected chi connectivity index (χ1v) is 5.52. The molecule has 0 N–H and O–H groups in total. The topological polar surface area (TPSA) is 80.3 Å². The van der Waals surface area contributed by atoms with Crippen molar-refractivity contribution in [2.75, 3.05) is 0 Å². The molecule has 0 aromatic heterocycles. The maximum Gasteiger partial charge on any atom is 1.00 e. The van der Waals surface area contributed by atoms with E-state index in [1.807, 2.05) is 0 Å². The van der Waals surface area contributed by atoms with Crippen LogP contribution in [0.3, 0.4) is 0 Å². The summed E-state index contributed by atoms with van der Waals surface area (Å²) in [6, 6.07) is 0. The molecule has 0 bridgehead atoms. The normalized spacial score (nSPS) is 8.94. The second kappa shape index (κ2) is 18.2. The van der Waals surface area contributed by atoms with Crippen molar-refractivity contribution in [3.05, 3.63) is 0 Å². The largest absolute Gasteiger partial charge is 1.00 e. The number of carbonyl (C=O) groups is 2. The minimum absolute atomic E-state index is 0. The van der Waals surface area contributed by atoms with Crippen molar-refractivity contribution >= 4 is 11.9 Å². The van der Waals surface area contributed by atoms with Gasteiger partial charge >= 0.3 is 103 Å². The number of aliphatic carboxylic acids is 2. The third-order valence-electron chi connectivity index (χ3n) is 2.26. The smallest absolute Gasteiger partial charge is 0.550 e. The molecule has 0 saturated carbocycles. The summed E-state index contributed by atoms with van der Waals surface area (Å²) < 4.78 is 0. The van der Waals surface area contributed by atoms with Gasteiger partial charge in [-0.3, -0.25) is 0 Å². The van der Waals surface area contributed by atoms with Crippen molar-refractivity contribution in [2.45, 2.75) is 57.8 Å². The number of carbonyl (C=O) groups excluding carboxylic acids is 2. The molecule has 0 saturated heterocycles. The summed E-state index contributed by atoms with van der Waals surface area (Å²) in [4.78, 5) is 20.1. The molecule has 0 rings (SSSR count). The van der Waals surface area contributed by atoms with Gasteiger partial charge in [0.25, 0.3) is 0 Å². The van der Waals surface area contributed by atoms with Crippen LogP contribution in [-0.4, -0.2) is 11.9 Å². The zero-order valence-corrected chi connectivity index (χ0v) is 17.2. The average molecular weight is 292 g/mol. The fourth-order valence-corrected chi connectivity index (χ4v) is 1.42. The molecule has 17 heavy (non-hydrogen) atoms. The standard InChI is InChI=1S/C11H20O4.2K/c12-10(13)8-6-4-2-1-3-5-7-9-11(14)15;;/h1-9H2,(H,12,13)(H,14,15);;/q;2*+1/p-2. The molecule has 0 aromatic rings. The monoisotopic (exact) mass is 292 g/mol. The van der Waals surface area contributed by atoms with Crippen molar-refractivity contribution in [2.24, 2.45) is 0 Å². The van der Waals surface area contributed by atoms with Crippen LogP contribution in [0, 0.1) is 0 Å². The van der Waals surface area contributed by atoms with Gasteiger partial charge in [0.05, 0.1) is 0 Å². The third-order valence-corrected chi connectivity index (χ3v) is 2.26. The van der Waals surface area contributed by atoms with Gasteiger partial charge in [-0.2, -0.15) is 0 Å². The minimum Gasteiger partial charge on any atom is -0.550 e. The van der Waals surface area contributed by atoms with Gasteiger partial charge in [0.15, 0.2) is 0 Å². The molecule has 4 nitrogen and oxygen atoms in total. The van der Waals surface area contributed by atoms with E-state index in [0.29, 0.717) is 12.8 Å². The molecule has 0 aliphatic carbocycles. The quantitative estimate of drug-likeness (QED) is 0.297. The van der Waals surface area contributed by atoms with Gasteiger partial charge in [0.1, 0.15) is 0 Å². The zero-order valence-electron chi connectivity index (χ0n) is 11.0. The summed E-state index contributed by atoms with van der Waals surface area (Å²) in [7, 11) is 0. The van der Waals surface area contributed by atoms with E-state index in [2.05, 4.69) is 0 Å². The molecule has 0 spiro atoms. The van der Waals surface area contributed by atoms with Gasteiger partial charge in [-0.05, 0) is 25.7 Å². The second-order valence-corrected chi connectivity index (χ2v) is 3.72. The molecule has 0 atom stereocenters. The summed E-state index contributed by atoms with van der Waals surface area (Å²) >= 11 is 0. The molecule has 0 aromatic carbocycles. The van der Waals surface area contributed by atoms with Crippen LogP contribution in [0.1, 0.15) is 57.8 Å². The van der Waals surface area contributed by atoms with E-state index in [0.717, 1.165) is 32.1 Å². The number of carboxylic acids is 2. The molecule has 0 fully saturated rings. The van der Waals surface area contributed by atoms with Crippen LogP contribution >= 0.6 is 0 Å². The number of carboxylic acid groups (broad SMARTS) is 2. The molecule has 0 unspecified atom stereocenters. The van der Waals surface area contributed by atoms with Gasteiger partial charge in [0.2, 0.25) is 0 Å². The summed E-state index contributed by atoms with van der Waals surface area (Å²) in [6.45, 7) is 0. The Bertz CT molecular complexity index is 178. The van der Waals surface area contributed by atoms with Gasteiger partial charge in [-0.25, -0.2) is 0 Å². The molecule has 0 aliphatic heterocycles. The Morgan fingerprint density at radius 1 is 0.588 bits per heavy atom. The first kappa shape index (κ1) is 24.2. The summed E-state index contributed by atoms with van der Waals surface area (Å²) in [5.41, 5.74) is 0. The first-order chi connectivity index (χ1) is 7.13.